The second-order valence-corrected chi connectivity index (χ2v) is 6.03. The Labute approximate surface area is 130 Å². The lowest BCUT2D eigenvalue weighted by molar-refractivity contribution is -0.136. The monoisotopic (exact) mass is 308 g/mol. The molecule has 1 aromatic rings. The Kier molecular flexibility index (Phi) is 5.12. The number of rotatable bonds is 5. The van der Waals surface area contributed by atoms with E-state index >= 15 is 0 Å². The standard InChI is InChI=1S/C16H24N2O4/c19-14(15-4-2-8-22-15)11-13-3-1-5-18(13)12-16(20)17-6-9-21-10-7-17/h2,4,8,13-14,19H,1,3,5-7,9-12H2. The lowest BCUT2D eigenvalue weighted by atomic mass is 10.1. The van der Waals surface area contributed by atoms with E-state index in [2.05, 4.69) is 4.90 Å². The zero-order chi connectivity index (χ0) is 15.4. The molecule has 0 aliphatic carbocycles. The molecule has 2 atom stereocenters. The van der Waals surface area contributed by atoms with Crippen molar-refractivity contribution in [3.63, 3.8) is 0 Å². The molecule has 3 rings (SSSR count). The van der Waals surface area contributed by atoms with Crippen LogP contribution in [0.1, 0.15) is 31.1 Å². The van der Waals surface area contributed by atoms with Crippen LogP contribution in [0.25, 0.3) is 0 Å². The topological polar surface area (TPSA) is 66.2 Å². The molecule has 0 spiro atoms. The van der Waals surface area contributed by atoms with Gasteiger partial charge in [0, 0.05) is 19.1 Å². The van der Waals surface area contributed by atoms with Crippen molar-refractivity contribution in [3.05, 3.63) is 24.2 Å². The molecule has 2 saturated heterocycles. The van der Waals surface area contributed by atoms with E-state index in [1.54, 1.807) is 18.4 Å². The maximum absolute atomic E-state index is 12.4. The Bertz CT molecular complexity index is 471. The first-order chi connectivity index (χ1) is 10.7. The number of likely N-dealkylation sites (tertiary alicyclic amines) is 1. The van der Waals surface area contributed by atoms with Gasteiger partial charge in [-0.05, 0) is 37.9 Å². The van der Waals surface area contributed by atoms with Crippen LogP contribution in [0.5, 0.6) is 0 Å². The number of hydrogen-bond acceptors (Lipinski definition) is 5. The van der Waals surface area contributed by atoms with Crippen LogP contribution in [0.15, 0.2) is 22.8 Å². The van der Waals surface area contributed by atoms with Crippen molar-refractivity contribution in [2.45, 2.75) is 31.4 Å². The molecule has 2 fully saturated rings. The van der Waals surface area contributed by atoms with Crippen LogP contribution >= 0.6 is 0 Å². The molecule has 0 aromatic carbocycles. The third-order valence-electron chi connectivity index (χ3n) is 4.57. The predicted molar refractivity (Wildman–Crippen MR) is 80.3 cm³/mol. The first-order valence-electron chi connectivity index (χ1n) is 8.05. The molecule has 1 amide bonds. The molecule has 3 heterocycles. The van der Waals surface area contributed by atoms with Crippen LogP contribution in [-0.2, 0) is 9.53 Å². The summed E-state index contributed by atoms with van der Waals surface area (Å²) in [4.78, 5) is 16.4. The molecule has 1 aromatic heterocycles. The van der Waals surface area contributed by atoms with Crippen LogP contribution in [0.2, 0.25) is 0 Å². The predicted octanol–water partition coefficient (Wildman–Crippen LogP) is 1.03. The first kappa shape index (κ1) is 15.5. The summed E-state index contributed by atoms with van der Waals surface area (Å²) >= 11 is 0. The van der Waals surface area contributed by atoms with Crippen molar-refractivity contribution >= 4 is 5.91 Å². The molecule has 1 N–H and O–H groups in total. The number of aliphatic hydroxyl groups excluding tert-OH is 1. The van der Waals surface area contributed by atoms with Crippen LogP contribution in [0, 0.1) is 0 Å². The third-order valence-corrected chi connectivity index (χ3v) is 4.57. The van der Waals surface area contributed by atoms with E-state index in [-0.39, 0.29) is 11.9 Å². The summed E-state index contributed by atoms with van der Waals surface area (Å²) in [6.07, 6.45) is 3.69. The van der Waals surface area contributed by atoms with E-state index in [4.69, 9.17) is 9.15 Å². The SMILES string of the molecule is O=C(CN1CCCC1CC(O)c1ccco1)N1CCOCC1. The lowest BCUT2D eigenvalue weighted by Gasteiger charge is -2.31. The normalized spacial score (nSPS) is 24.6. The third kappa shape index (κ3) is 3.69. The van der Waals surface area contributed by atoms with Crippen LogP contribution in [0.3, 0.4) is 0 Å². The minimum absolute atomic E-state index is 0.169. The minimum Gasteiger partial charge on any atom is -0.467 e. The molecule has 2 aliphatic heterocycles. The molecule has 2 aliphatic rings. The second kappa shape index (κ2) is 7.26. The van der Waals surface area contributed by atoms with Gasteiger partial charge in [0.25, 0.3) is 0 Å². The highest BCUT2D eigenvalue weighted by Gasteiger charge is 2.30. The molecule has 122 valence electrons. The number of carbonyl (C=O) groups is 1. The molecule has 0 saturated carbocycles. The Morgan fingerprint density at radius 3 is 2.91 bits per heavy atom. The average Bonchev–Trinajstić information content (AvgIpc) is 3.20. The number of ether oxygens (including phenoxy) is 1. The number of carbonyl (C=O) groups excluding carboxylic acids is 1. The van der Waals surface area contributed by atoms with E-state index in [0.717, 1.165) is 19.4 Å². The van der Waals surface area contributed by atoms with E-state index in [1.165, 1.54) is 0 Å². The molecular formula is C16H24N2O4. The van der Waals surface area contributed by atoms with Crippen LogP contribution in [0.4, 0.5) is 0 Å². The van der Waals surface area contributed by atoms with E-state index in [9.17, 15) is 9.90 Å². The number of morpholine rings is 1. The molecule has 0 bridgehead atoms. The van der Waals surface area contributed by atoms with Crippen molar-refractivity contribution in [2.75, 3.05) is 39.4 Å². The van der Waals surface area contributed by atoms with Crippen molar-refractivity contribution in [1.29, 1.82) is 0 Å². The van der Waals surface area contributed by atoms with Gasteiger partial charge in [0.2, 0.25) is 5.91 Å². The highest BCUT2D eigenvalue weighted by atomic mass is 16.5. The van der Waals surface area contributed by atoms with Crippen LogP contribution in [-0.4, -0.2) is 66.2 Å². The van der Waals surface area contributed by atoms with Gasteiger partial charge >= 0.3 is 0 Å². The van der Waals surface area contributed by atoms with Gasteiger partial charge in [0.05, 0.1) is 26.0 Å². The second-order valence-electron chi connectivity index (χ2n) is 6.03. The maximum atomic E-state index is 12.4. The van der Waals surface area contributed by atoms with Crippen molar-refractivity contribution < 1.29 is 19.1 Å². The van der Waals surface area contributed by atoms with Crippen LogP contribution < -0.4 is 0 Å². The fraction of sp³-hybridized carbons (Fsp3) is 0.688. The summed E-state index contributed by atoms with van der Waals surface area (Å²) in [7, 11) is 0. The summed E-state index contributed by atoms with van der Waals surface area (Å²) in [6, 6.07) is 3.82. The summed E-state index contributed by atoms with van der Waals surface area (Å²) in [6.45, 7) is 4.00. The lowest BCUT2D eigenvalue weighted by Crippen LogP contribution is -2.46. The van der Waals surface area contributed by atoms with Crippen molar-refractivity contribution in [2.24, 2.45) is 0 Å². The highest BCUT2D eigenvalue weighted by Crippen LogP contribution is 2.27. The molecule has 2 unspecified atom stereocenters. The number of furan rings is 1. The average molecular weight is 308 g/mol. The molecule has 6 nitrogen and oxygen atoms in total. The zero-order valence-corrected chi connectivity index (χ0v) is 12.8. The molecule has 6 heteroatoms. The van der Waals surface area contributed by atoms with Crippen molar-refractivity contribution in [3.8, 4) is 0 Å². The maximum Gasteiger partial charge on any atom is 0.236 e. The quantitative estimate of drug-likeness (QED) is 0.880. The largest absolute Gasteiger partial charge is 0.467 e. The summed E-state index contributed by atoms with van der Waals surface area (Å²) < 4.78 is 10.5. The summed E-state index contributed by atoms with van der Waals surface area (Å²) in [5.41, 5.74) is 0. The first-order valence-corrected chi connectivity index (χ1v) is 8.05. The number of aliphatic hydroxyl groups is 1. The summed E-state index contributed by atoms with van der Waals surface area (Å²) in [5.74, 6) is 0.772. The van der Waals surface area contributed by atoms with Gasteiger partial charge in [-0.2, -0.15) is 0 Å². The van der Waals surface area contributed by atoms with E-state index < -0.39 is 6.10 Å². The zero-order valence-electron chi connectivity index (χ0n) is 12.8. The number of amides is 1. The Hall–Kier alpha value is -1.37. The van der Waals surface area contributed by atoms with Gasteiger partial charge in [0.15, 0.2) is 0 Å². The van der Waals surface area contributed by atoms with Gasteiger partial charge in [0.1, 0.15) is 11.9 Å². The smallest absolute Gasteiger partial charge is 0.236 e. The number of nitrogens with zero attached hydrogens (tertiary/aromatic N) is 2. The van der Waals surface area contributed by atoms with Gasteiger partial charge < -0.3 is 19.2 Å². The minimum atomic E-state index is -0.598. The highest BCUT2D eigenvalue weighted by molar-refractivity contribution is 5.78. The Morgan fingerprint density at radius 1 is 1.36 bits per heavy atom. The Morgan fingerprint density at radius 2 is 2.18 bits per heavy atom. The van der Waals surface area contributed by atoms with Crippen molar-refractivity contribution in [1.82, 2.24) is 9.80 Å². The summed E-state index contributed by atoms with van der Waals surface area (Å²) in [5, 5.41) is 10.2. The fourth-order valence-corrected chi connectivity index (χ4v) is 3.31. The van der Waals surface area contributed by atoms with E-state index in [0.29, 0.717) is 45.0 Å². The molecule has 22 heavy (non-hydrogen) atoms. The fourth-order valence-electron chi connectivity index (χ4n) is 3.31. The van der Waals surface area contributed by atoms with E-state index in [1.807, 2.05) is 4.90 Å². The number of hydrogen-bond donors (Lipinski definition) is 1. The molecule has 0 radical (unpaired) electrons. The van der Waals surface area contributed by atoms with Gasteiger partial charge in [-0.25, -0.2) is 0 Å². The Balaban J connectivity index is 1.52. The van der Waals surface area contributed by atoms with Gasteiger partial charge in [-0.3, -0.25) is 9.69 Å². The van der Waals surface area contributed by atoms with Gasteiger partial charge in [-0.15, -0.1) is 0 Å². The van der Waals surface area contributed by atoms with Gasteiger partial charge in [-0.1, -0.05) is 0 Å². The molecular weight excluding hydrogens is 284 g/mol.